The molecule has 6 atom stereocenters. The number of esters is 1. The first kappa shape index (κ1) is 63.1. The minimum absolute atomic E-state index is 0. The highest BCUT2D eigenvalue weighted by Crippen LogP contribution is 2.43. The second-order valence-electron chi connectivity index (χ2n) is 19.6. The fraction of sp³-hybridized carbons (Fsp3) is 0.529. The van der Waals surface area contributed by atoms with Gasteiger partial charge in [0, 0.05) is 74.4 Å². The van der Waals surface area contributed by atoms with Crippen molar-refractivity contribution in [1.29, 1.82) is 0 Å². The largest absolute Gasteiger partial charge is 0.508 e. The van der Waals surface area contributed by atoms with Gasteiger partial charge >= 0.3 is 5.97 Å². The first-order valence-electron chi connectivity index (χ1n) is 23.4. The molecule has 20 heteroatoms. The van der Waals surface area contributed by atoms with Crippen LogP contribution in [0.5, 0.6) is 5.75 Å². The minimum atomic E-state index is -1.16. The maximum absolute atomic E-state index is 14.7. The smallest absolute Gasteiger partial charge is 0.324 e. The van der Waals surface area contributed by atoms with Crippen molar-refractivity contribution < 1.29 is 38.6 Å². The monoisotopic (exact) mass is 1080 g/mol. The molecule has 4 heterocycles. The minimum Gasteiger partial charge on any atom is -0.508 e. The average Bonchev–Trinajstić information content (AvgIpc) is 4.02. The van der Waals surface area contributed by atoms with Gasteiger partial charge in [0.05, 0.1) is 30.3 Å². The highest BCUT2D eigenvalue weighted by Gasteiger charge is 2.41. The van der Waals surface area contributed by atoms with Gasteiger partial charge in [-0.1, -0.05) is 46.4 Å². The summed E-state index contributed by atoms with van der Waals surface area (Å²) < 4.78 is 16.1. The number of phenolic OH excluding ortho intramolecular Hbond substituents is 1. The number of phenols is 1. The topological polar surface area (TPSA) is 177 Å². The van der Waals surface area contributed by atoms with Crippen LogP contribution in [-0.2, 0) is 59.9 Å². The van der Waals surface area contributed by atoms with E-state index in [0.29, 0.717) is 50.6 Å². The molecular formula is C51H77N7O8S5. The van der Waals surface area contributed by atoms with E-state index >= 15 is 0 Å². The van der Waals surface area contributed by atoms with Gasteiger partial charge in [-0.3, -0.25) is 33.7 Å². The number of rotatable bonds is 11. The van der Waals surface area contributed by atoms with E-state index in [0.717, 1.165) is 44.5 Å². The van der Waals surface area contributed by atoms with Crippen LogP contribution in [0.15, 0.2) is 55.3 Å². The third-order valence-corrected chi connectivity index (χ3v) is 13.9. The number of ether oxygens (including phenoxy) is 2. The maximum Gasteiger partial charge on any atom is 0.324 e. The molecule has 2 aliphatic heterocycles. The summed E-state index contributed by atoms with van der Waals surface area (Å²) in [4.78, 5) is 70.9. The summed E-state index contributed by atoms with van der Waals surface area (Å²) in [6, 6.07) is 8.55. The summed E-state index contributed by atoms with van der Waals surface area (Å²) in [5, 5.41) is 21.4. The molecule has 1 saturated heterocycles. The van der Waals surface area contributed by atoms with E-state index in [9.17, 15) is 29.1 Å². The number of aromatic hydroxyl groups is 1. The number of aromatic nitrogens is 3. The van der Waals surface area contributed by atoms with Gasteiger partial charge in [0.15, 0.2) is 5.78 Å². The Labute approximate surface area is 453 Å². The number of carbonyl (C=O) groups is 5. The number of likely N-dealkylation sites (N-methyl/N-ethyl adjacent to an activating group) is 1. The summed E-state index contributed by atoms with van der Waals surface area (Å²) >= 11 is 0. The Balaban J connectivity index is 0.00000346. The second-order valence-corrected chi connectivity index (χ2v) is 19.6. The highest BCUT2D eigenvalue weighted by molar-refractivity contribution is 7.60. The summed E-state index contributed by atoms with van der Waals surface area (Å²) in [6.45, 7) is 16.6. The van der Waals surface area contributed by atoms with Crippen molar-refractivity contribution in [3.8, 4) is 28.1 Å². The number of cyclic esters (lactones) is 1. The lowest BCUT2D eigenvalue weighted by atomic mass is 9.84. The van der Waals surface area contributed by atoms with E-state index in [2.05, 4.69) is 59.9 Å². The molecule has 3 N–H and O–H groups in total. The molecule has 1 aliphatic carbocycles. The molecule has 3 aliphatic rings. The van der Waals surface area contributed by atoms with Gasteiger partial charge in [-0.25, -0.2) is 5.43 Å². The Kier molecular flexibility index (Phi) is 23.3. The maximum atomic E-state index is 14.7. The standard InChI is InChI=1S/C51H67N7O8.5H2S/c1-11-43(60)33-15-16-34(23-33)48(62)55(8)44(29(3)4)47(61)53-41-22-31-20-35(24-36(59)21-31)32-17-18-42-37(25-32)38(46(57(42)12-2)39-27-52-56(9)45(39)30(5)65-10)26-51(6,7)28-66-50(64)40-14-13-19-58(54-40)49(41)63;;;;;/h11,17-18,20-21,24-25,27,29-30,33-34,40-41,44,54,59H,1,12-16,19,22-23,26,28H2,2-10H3,(H,53,61);5*1H2/t30-,33?,34-,40-,41-,44-;;;;;/m0...../s1. The van der Waals surface area contributed by atoms with Crippen molar-refractivity contribution in [3.05, 3.63) is 72.1 Å². The van der Waals surface area contributed by atoms with Crippen molar-refractivity contribution in [3.63, 3.8) is 0 Å². The second kappa shape index (κ2) is 26.2. The zero-order valence-corrected chi connectivity index (χ0v) is 47.5. The summed E-state index contributed by atoms with van der Waals surface area (Å²) in [7, 11) is 5.20. The van der Waals surface area contributed by atoms with Gasteiger partial charge in [-0.15, -0.1) is 0 Å². The Morgan fingerprint density at radius 3 is 2.37 bits per heavy atom. The highest BCUT2D eigenvalue weighted by atomic mass is 32.1. The van der Waals surface area contributed by atoms with Crippen molar-refractivity contribution in [1.82, 2.24) is 35.0 Å². The van der Waals surface area contributed by atoms with E-state index in [4.69, 9.17) is 9.47 Å². The third-order valence-electron chi connectivity index (χ3n) is 13.9. The molecule has 4 aromatic rings. The first-order valence-corrected chi connectivity index (χ1v) is 23.4. The predicted molar refractivity (Wildman–Crippen MR) is 304 cm³/mol. The lowest BCUT2D eigenvalue weighted by Crippen LogP contribution is -2.62. The van der Waals surface area contributed by atoms with Gasteiger partial charge in [0.2, 0.25) is 11.8 Å². The van der Waals surface area contributed by atoms with Crippen LogP contribution in [0.3, 0.4) is 0 Å². The van der Waals surface area contributed by atoms with E-state index < -0.39 is 47.2 Å². The molecule has 2 aromatic carbocycles. The lowest BCUT2D eigenvalue weighted by molar-refractivity contribution is -0.155. The van der Waals surface area contributed by atoms with Crippen LogP contribution >= 0.6 is 67.5 Å². The zero-order valence-electron chi connectivity index (χ0n) is 42.5. The van der Waals surface area contributed by atoms with Crippen molar-refractivity contribution in [2.45, 2.75) is 117 Å². The summed E-state index contributed by atoms with van der Waals surface area (Å²) in [6.07, 6.45) is 5.93. The first-order chi connectivity index (χ1) is 31.4. The Morgan fingerprint density at radius 1 is 1.03 bits per heavy atom. The predicted octanol–water partition coefficient (Wildman–Crippen LogP) is 7.01. The number of hydrogen-bond acceptors (Lipinski definition) is 10. The molecule has 15 nitrogen and oxygen atoms in total. The Morgan fingerprint density at radius 2 is 1.72 bits per heavy atom. The molecule has 71 heavy (non-hydrogen) atoms. The molecule has 1 saturated carbocycles. The van der Waals surface area contributed by atoms with Crippen LogP contribution < -0.4 is 10.7 Å². The average molecular weight is 1080 g/mol. The Bertz CT molecular complexity index is 2550. The number of aryl methyl sites for hydroxylation is 2. The van der Waals surface area contributed by atoms with Gasteiger partial charge in [-0.05, 0) is 111 Å². The zero-order chi connectivity index (χ0) is 47.8. The number of benzene rings is 2. The summed E-state index contributed by atoms with van der Waals surface area (Å²) in [5.41, 5.74) is 9.68. The number of allylic oxidation sites excluding steroid dienone is 1. The molecule has 0 radical (unpaired) electrons. The van der Waals surface area contributed by atoms with Gasteiger partial charge in [0.25, 0.3) is 5.91 Å². The van der Waals surface area contributed by atoms with E-state index in [1.165, 1.54) is 16.0 Å². The number of ketones is 1. The summed E-state index contributed by atoms with van der Waals surface area (Å²) in [5.74, 6) is -2.82. The van der Waals surface area contributed by atoms with E-state index in [1.54, 1.807) is 26.3 Å². The fourth-order valence-corrected chi connectivity index (χ4v) is 10.5. The van der Waals surface area contributed by atoms with Crippen molar-refractivity contribution in [2.75, 3.05) is 27.3 Å². The van der Waals surface area contributed by atoms with Crippen molar-refractivity contribution in [2.24, 2.45) is 30.2 Å². The molecule has 2 aromatic heterocycles. The molecular weight excluding hydrogens is 999 g/mol. The van der Waals surface area contributed by atoms with Gasteiger partial charge in [-0.2, -0.15) is 72.6 Å². The molecule has 7 rings (SSSR count). The Hall–Kier alpha value is -4.05. The fourth-order valence-electron chi connectivity index (χ4n) is 10.5. The van der Waals surface area contributed by atoms with Crippen LogP contribution in [0.25, 0.3) is 33.3 Å². The van der Waals surface area contributed by atoms with Crippen LogP contribution in [0, 0.1) is 23.2 Å². The molecule has 1 unspecified atom stereocenters. The molecule has 0 spiro atoms. The number of amides is 3. The van der Waals surface area contributed by atoms with Gasteiger partial charge < -0.3 is 29.4 Å². The molecule has 394 valence electrons. The lowest BCUT2D eigenvalue weighted by Gasteiger charge is -2.37. The number of hydrogen-bond donors (Lipinski definition) is 3. The number of hydrazine groups is 1. The van der Waals surface area contributed by atoms with E-state index in [1.807, 2.05) is 50.8 Å². The molecule has 2 fully saturated rings. The number of carbonyl (C=O) groups excluding carboxylic acids is 5. The molecule has 6 bridgehead atoms. The van der Waals surface area contributed by atoms with Crippen LogP contribution in [0.2, 0.25) is 0 Å². The number of nitrogens with one attached hydrogen (secondary N) is 2. The third kappa shape index (κ3) is 13.4. The van der Waals surface area contributed by atoms with Crippen molar-refractivity contribution >= 4 is 108 Å². The van der Waals surface area contributed by atoms with Gasteiger partial charge in [0.1, 0.15) is 23.9 Å². The molecule has 3 amide bonds. The van der Waals surface area contributed by atoms with E-state index in [-0.39, 0.29) is 122 Å². The number of fused-ring (bicyclic) bond motifs is 6. The normalized spacial score (nSPS) is 20.6. The quantitative estimate of drug-likeness (QED) is 0.105. The number of nitrogens with zero attached hydrogens (tertiary/aromatic N) is 5. The number of methoxy groups -OCH3 is 1. The van der Waals surface area contributed by atoms with Crippen LogP contribution in [0.4, 0.5) is 0 Å². The SMILES string of the molecule is C=CC(=O)C1CC[C@H](C(=O)N(C)[C@H](C(=O)N[C@H]2Cc3cc(O)cc(c3)-c3ccc4c(c3)c(c(-c3cnn(C)c3[C@H](C)OC)n4CC)CC(C)(C)COC(=O)[C@@H]3CCCN(N3)C2=O)C(C)C)C1.S.S.S.S.S. The van der Waals surface area contributed by atoms with Crippen LogP contribution in [0.1, 0.15) is 96.6 Å². The van der Waals surface area contributed by atoms with Crippen LogP contribution in [-0.4, -0.2) is 104 Å².